The first-order valence-electron chi connectivity index (χ1n) is 6.62. The van der Waals surface area contributed by atoms with Crippen LogP contribution in [0.1, 0.15) is 5.56 Å². The van der Waals surface area contributed by atoms with Crippen molar-refractivity contribution in [2.75, 3.05) is 18.9 Å². The number of rotatable bonds is 5. The zero-order valence-corrected chi connectivity index (χ0v) is 13.5. The molecule has 1 amide bonds. The summed E-state index contributed by atoms with van der Waals surface area (Å²) in [6.45, 7) is 0.597. The second-order valence-electron chi connectivity index (χ2n) is 4.95. The number of hydrogen-bond acceptors (Lipinski definition) is 2. The number of hydrogen-bond donors (Lipinski definition) is 1. The second-order valence-corrected chi connectivity index (χ2v) is 5.76. The highest BCUT2D eigenvalue weighted by molar-refractivity contribution is 6.39. The Bertz CT molecular complexity index is 659. The first kappa shape index (κ1) is 16.7. The number of anilines is 1. The van der Waals surface area contributed by atoms with Crippen LogP contribution in [0.2, 0.25) is 10.0 Å². The van der Waals surface area contributed by atoms with E-state index in [9.17, 15) is 9.18 Å². The Labute approximate surface area is 138 Å². The lowest BCUT2D eigenvalue weighted by Gasteiger charge is -2.17. The van der Waals surface area contributed by atoms with Crippen molar-refractivity contribution in [2.45, 2.75) is 6.54 Å². The number of benzene rings is 2. The summed E-state index contributed by atoms with van der Waals surface area (Å²) < 4.78 is 13.1. The molecule has 0 spiro atoms. The number of carbonyl (C=O) groups is 1. The van der Waals surface area contributed by atoms with Gasteiger partial charge in [0.15, 0.2) is 0 Å². The lowest BCUT2D eigenvalue weighted by molar-refractivity contribution is -0.117. The van der Waals surface area contributed by atoms with Crippen LogP contribution in [0, 0.1) is 5.82 Å². The Morgan fingerprint density at radius 1 is 1.18 bits per heavy atom. The molecule has 22 heavy (non-hydrogen) atoms. The molecule has 0 aliphatic rings. The quantitative estimate of drug-likeness (QED) is 0.884. The van der Waals surface area contributed by atoms with Crippen LogP contribution < -0.4 is 5.32 Å². The predicted octanol–water partition coefficient (Wildman–Crippen LogP) is 4.20. The van der Waals surface area contributed by atoms with Crippen molar-refractivity contribution in [1.82, 2.24) is 4.90 Å². The summed E-state index contributed by atoms with van der Waals surface area (Å²) >= 11 is 12.0. The molecule has 116 valence electrons. The van der Waals surface area contributed by atoms with E-state index >= 15 is 0 Å². The first-order chi connectivity index (χ1) is 10.5. The Morgan fingerprint density at radius 2 is 1.82 bits per heavy atom. The molecule has 0 aliphatic carbocycles. The molecule has 0 atom stereocenters. The molecule has 0 heterocycles. The molecule has 2 rings (SSSR count). The van der Waals surface area contributed by atoms with Crippen LogP contribution in [0.5, 0.6) is 0 Å². The fourth-order valence-electron chi connectivity index (χ4n) is 2.04. The fraction of sp³-hybridized carbons (Fsp3) is 0.188. The van der Waals surface area contributed by atoms with Crippen molar-refractivity contribution in [3.8, 4) is 0 Å². The van der Waals surface area contributed by atoms with E-state index in [1.807, 2.05) is 6.07 Å². The number of para-hydroxylation sites is 1. The molecular weight excluding hydrogens is 326 g/mol. The Balaban J connectivity index is 1.94. The summed E-state index contributed by atoms with van der Waals surface area (Å²) in [6, 6.07) is 11.3. The minimum absolute atomic E-state index is 0.137. The Morgan fingerprint density at radius 3 is 2.45 bits per heavy atom. The van der Waals surface area contributed by atoms with Gasteiger partial charge in [-0.05, 0) is 36.9 Å². The zero-order chi connectivity index (χ0) is 16.1. The second kappa shape index (κ2) is 7.58. The van der Waals surface area contributed by atoms with Crippen molar-refractivity contribution in [2.24, 2.45) is 0 Å². The van der Waals surface area contributed by atoms with E-state index in [0.29, 0.717) is 22.3 Å². The normalized spacial score (nSPS) is 10.8. The van der Waals surface area contributed by atoms with Crippen LogP contribution in [-0.4, -0.2) is 24.4 Å². The van der Waals surface area contributed by atoms with Gasteiger partial charge in [0.25, 0.3) is 0 Å². The fourth-order valence-corrected chi connectivity index (χ4v) is 2.54. The number of amides is 1. The van der Waals surface area contributed by atoms with E-state index in [0.717, 1.165) is 5.56 Å². The van der Waals surface area contributed by atoms with Crippen LogP contribution >= 0.6 is 23.2 Å². The molecule has 0 unspecified atom stereocenters. The molecule has 0 saturated heterocycles. The van der Waals surface area contributed by atoms with Crippen molar-refractivity contribution in [3.05, 3.63) is 63.9 Å². The summed E-state index contributed by atoms with van der Waals surface area (Å²) in [6.07, 6.45) is 0. The van der Waals surface area contributed by atoms with Crippen LogP contribution in [0.4, 0.5) is 10.1 Å². The van der Waals surface area contributed by atoms with E-state index in [1.165, 1.54) is 12.1 Å². The summed E-state index contributed by atoms with van der Waals surface area (Å²) in [4.78, 5) is 13.8. The summed E-state index contributed by atoms with van der Waals surface area (Å²) in [5.41, 5.74) is 1.20. The highest BCUT2D eigenvalue weighted by Gasteiger charge is 2.12. The lowest BCUT2D eigenvalue weighted by Crippen LogP contribution is -2.30. The molecular formula is C16H15Cl2FN2O. The Hall–Kier alpha value is -1.62. The van der Waals surface area contributed by atoms with Gasteiger partial charge in [0, 0.05) is 6.54 Å². The van der Waals surface area contributed by atoms with Crippen molar-refractivity contribution >= 4 is 34.8 Å². The van der Waals surface area contributed by atoms with Gasteiger partial charge in [-0.25, -0.2) is 4.39 Å². The SMILES string of the molecule is CN(CC(=O)Nc1c(Cl)cccc1Cl)Cc1cccc(F)c1. The third-order valence-corrected chi connectivity index (χ3v) is 3.61. The number of likely N-dealkylation sites (N-methyl/N-ethyl adjacent to an activating group) is 1. The maximum Gasteiger partial charge on any atom is 0.238 e. The van der Waals surface area contributed by atoms with Crippen molar-refractivity contribution in [3.63, 3.8) is 0 Å². The maximum atomic E-state index is 13.1. The number of nitrogens with zero attached hydrogens (tertiary/aromatic N) is 1. The van der Waals surface area contributed by atoms with Crippen molar-refractivity contribution in [1.29, 1.82) is 0 Å². The highest BCUT2D eigenvalue weighted by atomic mass is 35.5. The van der Waals surface area contributed by atoms with Crippen molar-refractivity contribution < 1.29 is 9.18 Å². The largest absolute Gasteiger partial charge is 0.322 e. The molecule has 0 bridgehead atoms. The third kappa shape index (κ3) is 4.70. The minimum atomic E-state index is -0.293. The third-order valence-electron chi connectivity index (χ3n) is 2.98. The molecule has 0 aromatic heterocycles. The van der Waals surface area contributed by atoms with Gasteiger partial charge in [-0.1, -0.05) is 41.4 Å². The molecule has 6 heteroatoms. The number of carbonyl (C=O) groups excluding carboxylic acids is 1. The molecule has 2 aromatic rings. The van der Waals surface area contributed by atoms with Gasteiger partial charge < -0.3 is 5.32 Å². The average Bonchev–Trinajstić information content (AvgIpc) is 2.43. The summed E-state index contributed by atoms with van der Waals surface area (Å²) in [7, 11) is 1.78. The molecule has 0 fully saturated rings. The topological polar surface area (TPSA) is 32.3 Å². The first-order valence-corrected chi connectivity index (χ1v) is 7.38. The van der Waals surface area contributed by atoms with Gasteiger partial charge in [-0.2, -0.15) is 0 Å². The van der Waals surface area contributed by atoms with E-state index in [4.69, 9.17) is 23.2 Å². The number of halogens is 3. The van der Waals surface area contributed by atoms with Crippen LogP contribution in [0.25, 0.3) is 0 Å². The molecule has 2 aromatic carbocycles. The molecule has 0 radical (unpaired) electrons. The molecule has 1 N–H and O–H groups in total. The van der Waals surface area contributed by atoms with Gasteiger partial charge in [0.1, 0.15) is 5.82 Å². The maximum absolute atomic E-state index is 13.1. The van der Waals surface area contributed by atoms with Gasteiger partial charge in [0.05, 0.1) is 22.3 Å². The van der Waals surface area contributed by atoms with Gasteiger partial charge in [-0.15, -0.1) is 0 Å². The summed E-state index contributed by atoms with van der Waals surface area (Å²) in [5.74, 6) is -0.535. The summed E-state index contributed by atoms with van der Waals surface area (Å²) in [5, 5.41) is 3.45. The smallest absolute Gasteiger partial charge is 0.238 e. The van der Waals surface area contributed by atoms with E-state index in [1.54, 1.807) is 36.2 Å². The molecule has 0 saturated carbocycles. The lowest BCUT2D eigenvalue weighted by atomic mass is 10.2. The van der Waals surface area contributed by atoms with Gasteiger partial charge >= 0.3 is 0 Å². The van der Waals surface area contributed by atoms with E-state index < -0.39 is 0 Å². The highest BCUT2D eigenvalue weighted by Crippen LogP contribution is 2.29. The van der Waals surface area contributed by atoms with Gasteiger partial charge in [0.2, 0.25) is 5.91 Å². The minimum Gasteiger partial charge on any atom is -0.322 e. The van der Waals surface area contributed by atoms with Crippen LogP contribution in [0.3, 0.4) is 0 Å². The van der Waals surface area contributed by atoms with Crippen LogP contribution in [0.15, 0.2) is 42.5 Å². The van der Waals surface area contributed by atoms with Crippen LogP contribution in [-0.2, 0) is 11.3 Å². The predicted molar refractivity (Wildman–Crippen MR) is 87.8 cm³/mol. The number of nitrogens with one attached hydrogen (secondary N) is 1. The van der Waals surface area contributed by atoms with E-state index in [-0.39, 0.29) is 18.3 Å². The van der Waals surface area contributed by atoms with E-state index in [2.05, 4.69) is 5.32 Å². The standard InChI is InChI=1S/C16H15Cl2FN2O/c1-21(9-11-4-2-5-12(19)8-11)10-15(22)20-16-13(17)6-3-7-14(16)18/h2-8H,9-10H2,1H3,(H,20,22). The average molecular weight is 341 g/mol. The Kier molecular flexibility index (Phi) is 5.77. The monoisotopic (exact) mass is 340 g/mol. The van der Waals surface area contributed by atoms with Gasteiger partial charge in [-0.3, -0.25) is 9.69 Å². The molecule has 0 aliphatic heterocycles. The molecule has 3 nitrogen and oxygen atoms in total. The zero-order valence-electron chi connectivity index (χ0n) is 11.9.